The third-order valence-electron chi connectivity index (χ3n) is 5.05. The second kappa shape index (κ2) is 4.54. The number of benzene rings is 3. The van der Waals surface area contributed by atoms with E-state index >= 15 is 0 Å². The van der Waals surface area contributed by atoms with Gasteiger partial charge in [0.15, 0.2) is 5.65 Å². The van der Waals surface area contributed by atoms with Crippen LogP contribution in [-0.4, -0.2) is 14.4 Å². The highest BCUT2D eigenvalue weighted by Gasteiger charge is 2.15. The molecule has 0 atom stereocenters. The first kappa shape index (κ1) is 12.9. The van der Waals surface area contributed by atoms with E-state index < -0.39 is 0 Å². The van der Waals surface area contributed by atoms with Gasteiger partial charge in [0.2, 0.25) is 0 Å². The van der Waals surface area contributed by atoms with Crippen LogP contribution in [-0.2, 0) is 0 Å². The molecule has 0 aliphatic rings. The van der Waals surface area contributed by atoms with E-state index in [0.717, 1.165) is 16.6 Å². The van der Waals surface area contributed by atoms with Crippen molar-refractivity contribution < 1.29 is 0 Å². The largest absolute Gasteiger partial charge is 0.298 e. The molecule has 0 saturated carbocycles. The smallest absolute Gasteiger partial charge is 0.163 e. The molecule has 3 nitrogen and oxygen atoms in total. The van der Waals surface area contributed by atoms with Crippen LogP contribution in [0.25, 0.3) is 49.0 Å². The fourth-order valence-corrected chi connectivity index (χ4v) is 4.00. The normalized spacial score (nSPS) is 12.0. The molecule has 0 N–H and O–H groups in total. The molecule has 0 aliphatic heterocycles. The molecule has 3 aromatic carbocycles. The Kier molecular flexibility index (Phi) is 2.35. The highest BCUT2D eigenvalue weighted by atomic mass is 15.0. The number of pyridine rings is 1. The lowest BCUT2D eigenvalue weighted by molar-refractivity contribution is 1.18. The summed E-state index contributed by atoms with van der Waals surface area (Å²) in [4.78, 5) is 9.29. The molecule has 0 aliphatic carbocycles. The van der Waals surface area contributed by atoms with Crippen molar-refractivity contribution in [1.82, 2.24) is 14.4 Å². The van der Waals surface area contributed by atoms with E-state index in [0.29, 0.717) is 0 Å². The maximum Gasteiger partial charge on any atom is 0.163 e. The first-order valence-electron chi connectivity index (χ1n) is 8.36. The molecule has 0 unspecified atom stereocenters. The molecule has 25 heavy (non-hydrogen) atoms. The minimum absolute atomic E-state index is 0.900. The van der Waals surface area contributed by atoms with Crippen LogP contribution in [0.1, 0.15) is 0 Å². The van der Waals surface area contributed by atoms with Crippen molar-refractivity contribution in [3.63, 3.8) is 0 Å². The SMILES string of the molecule is c1ccc2c(c1)ccc1c3nccnc3n3cc4ccccc4c3c21. The zero-order chi connectivity index (χ0) is 16.4. The highest BCUT2D eigenvalue weighted by molar-refractivity contribution is 6.26. The molecule has 6 rings (SSSR count). The molecule has 3 aromatic heterocycles. The molecular weight excluding hydrogens is 306 g/mol. The fraction of sp³-hybridized carbons (Fsp3) is 0. The zero-order valence-electron chi connectivity index (χ0n) is 13.3. The van der Waals surface area contributed by atoms with Gasteiger partial charge in [-0.1, -0.05) is 60.7 Å². The van der Waals surface area contributed by atoms with Gasteiger partial charge in [-0.2, -0.15) is 0 Å². The van der Waals surface area contributed by atoms with Gasteiger partial charge in [0.05, 0.1) is 5.52 Å². The third kappa shape index (κ3) is 1.59. The van der Waals surface area contributed by atoms with Crippen molar-refractivity contribution in [3.05, 3.63) is 79.3 Å². The Balaban J connectivity index is 2.09. The summed E-state index contributed by atoms with van der Waals surface area (Å²) in [6.45, 7) is 0. The van der Waals surface area contributed by atoms with Crippen molar-refractivity contribution in [2.24, 2.45) is 0 Å². The maximum absolute atomic E-state index is 4.65. The summed E-state index contributed by atoms with van der Waals surface area (Å²) in [5.41, 5.74) is 3.04. The van der Waals surface area contributed by atoms with Crippen molar-refractivity contribution in [1.29, 1.82) is 0 Å². The zero-order valence-corrected chi connectivity index (χ0v) is 13.3. The average molecular weight is 319 g/mol. The molecule has 3 heteroatoms. The van der Waals surface area contributed by atoms with Crippen molar-refractivity contribution in [3.8, 4) is 0 Å². The second-order valence-corrected chi connectivity index (χ2v) is 6.37. The molecule has 6 aromatic rings. The van der Waals surface area contributed by atoms with Crippen molar-refractivity contribution >= 4 is 49.0 Å². The van der Waals surface area contributed by atoms with Gasteiger partial charge in [-0.15, -0.1) is 0 Å². The monoisotopic (exact) mass is 319 g/mol. The lowest BCUT2D eigenvalue weighted by atomic mass is 10.00. The summed E-state index contributed by atoms with van der Waals surface area (Å²) >= 11 is 0. The Morgan fingerprint density at radius 1 is 0.640 bits per heavy atom. The van der Waals surface area contributed by atoms with Crippen LogP contribution in [0.4, 0.5) is 0 Å². The molecule has 0 spiro atoms. The summed E-state index contributed by atoms with van der Waals surface area (Å²) in [5, 5.41) is 7.35. The van der Waals surface area contributed by atoms with Crippen LogP contribution in [0.2, 0.25) is 0 Å². The van der Waals surface area contributed by atoms with Gasteiger partial charge in [0, 0.05) is 40.1 Å². The summed E-state index contributed by atoms with van der Waals surface area (Å²) in [7, 11) is 0. The van der Waals surface area contributed by atoms with Gasteiger partial charge < -0.3 is 0 Å². The average Bonchev–Trinajstić information content (AvgIpc) is 3.07. The number of fused-ring (bicyclic) bond motifs is 10. The minimum atomic E-state index is 0.900. The van der Waals surface area contributed by atoms with Crippen molar-refractivity contribution in [2.75, 3.05) is 0 Å². The van der Waals surface area contributed by atoms with E-state index in [1.54, 1.807) is 12.4 Å². The quantitative estimate of drug-likeness (QED) is 0.354. The predicted octanol–water partition coefficient (Wildman–Crippen LogP) is 5.34. The van der Waals surface area contributed by atoms with E-state index in [4.69, 9.17) is 0 Å². The van der Waals surface area contributed by atoms with Crippen molar-refractivity contribution in [2.45, 2.75) is 0 Å². The minimum Gasteiger partial charge on any atom is -0.298 e. The van der Waals surface area contributed by atoms with Gasteiger partial charge in [-0.25, -0.2) is 4.98 Å². The lowest BCUT2D eigenvalue weighted by Crippen LogP contribution is -1.94. The van der Waals surface area contributed by atoms with E-state index in [2.05, 4.69) is 81.2 Å². The van der Waals surface area contributed by atoms with E-state index in [9.17, 15) is 0 Å². The Morgan fingerprint density at radius 2 is 1.40 bits per heavy atom. The fourth-order valence-electron chi connectivity index (χ4n) is 4.00. The number of hydrogen-bond donors (Lipinski definition) is 0. The standard InChI is InChI=1S/C22H13N3/c1-3-7-16-14(5-1)9-10-18-19(16)21-17-8-4-2-6-15(17)13-25(21)22-20(18)23-11-12-24-22/h1-13H. The Morgan fingerprint density at radius 3 is 2.32 bits per heavy atom. The Hall–Kier alpha value is -3.46. The Bertz CT molecular complexity index is 1440. The van der Waals surface area contributed by atoms with Gasteiger partial charge in [0.25, 0.3) is 0 Å². The highest BCUT2D eigenvalue weighted by Crippen LogP contribution is 2.37. The molecular formula is C22H13N3. The number of rotatable bonds is 0. The predicted molar refractivity (Wildman–Crippen MR) is 103 cm³/mol. The molecule has 3 heterocycles. The van der Waals surface area contributed by atoms with Gasteiger partial charge in [0.1, 0.15) is 5.52 Å². The Labute approximate surface area is 143 Å². The van der Waals surface area contributed by atoms with Crippen LogP contribution < -0.4 is 0 Å². The molecule has 116 valence electrons. The van der Waals surface area contributed by atoms with Crippen LogP contribution in [0.5, 0.6) is 0 Å². The first-order chi connectivity index (χ1) is 12.4. The molecule has 0 bridgehead atoms. The lowest BCUT2D eigenvalue weighted by Gasteiger charge is -2.10. The van der Waals surface area contributed by atoms with Crippen LogP contribution in [0.3, 0.4) is 0 Å². The number of hydrogen-bond acceptors (Lipinski definition) is 2. The van der Waals surface area contributed by atoms with E-state index in [1.165, 1.54) is 32.4 Å². The molecule has 0 amide bonds. The number of nitrogens with zero attached hydrogens (tertiary/aromatic N) is 3. The molecule has 0 saturated heterocycles. The summed E-state index contributed by atoms with van der Waals surface area (Å²) in [6.07, 6.45) is 5.70. The van der Waals surface area contributed by atoms with Crippen LogP contribution >= 0.6 is 0 Å². The molecule has 0 fully saturated rings. The topological polar surface area (TPSA) is 30.2 Å². The second-order valence-electron chi connectivity index (χ2n) is 6.37. The van der Waals surface area contributed by atoms with Gasteiger partial charge in [-0.05, 0) is 10.8 Å². The first-order valence-corrected chi connectivity index (χ1v) is 8.36. The maximum atomic E-state index is 4.65. The van der Waals surface area contributed by atoms with E-state index in [-0.39, 0.29) is 0 Å². The summed E-state index contributed by atoms with van der Waals surface area (Å²) in [6, 6.07) is 21.4. The third-order valence-corrected chi connectivity index (χ3v) is 5.05. The summed E-state index contributed by atoms with van der Waals surface area (Å²) < 4.78 is 2.20. The van der Waals surface area contributed by atoms with Crippen LogP contribution in [0, 0.1) is 0 Å². The number of aromatic nitrogens is 3. The van der Waals surface area contributed by atoms with Crippen LogP contribution in [0.15, 0.2) is 79.3 Å². The van der Waals surface area contributed by atoms with Gasteiger partial charge >= 0.3 is 0 Å². The van der Waals surface area contributed by atoms with E-state index in [1.807, 2.05) is 0 Å². The molecule has 0 radical (unpaired) electrons. The summed E-state index contributed by atoms with van der Waals surface area (Å²) in [5.74, 6) is 0. The van der Waals surface area contributed by atoms with Gasteiger partial charge in [-0.3, -0.25) is 9.38 Å².